The third kappa shape index (κ3) is 6.97. The third-order valence-corrected chi connectivity index (χ3v) is 4.34. The van der Waals surface area contributed by atoms with Crippen molar-refractivity contribution in [2.45, 2.75) is 40.0 Å². The van der Waals surface area contributed by atoms with Crippen molar-refractivity contribution in [3.8, 4) is 0 Å². The lowest BCUT2D eigenvalue weighted by Gasteiger charge is -2.17. The normalized spacial score (nSPS) is 18.9. The molecule has 24 heavy (non-hydrogen) atoms. The molecular formula is C19H33IN4. The smallest absolute Gasteiger partial charge is 0.193 e. The topological polar surface area (TPSA) is 53.6 Å². The van der Waals surface area contributed by atoms with Gasteiger partial charge in [-0.05, 0) is 48.4 Å². The van der Waals surface area contributed by atoms with Gasteiger partial charge in [-0.15, -0.1) is 24.0 Å². The van der Waals surface area contributed by atoms with Crippen molar-refractivity contribution in [1.82, 2.24) is 4.90 Å². The number of nitrogens with two attached hydrogens (primary N) is 1. The zero-order chi connectivity index (χ0) is 16.8. The Labute approximate surface area is 164 Å². The average Bonchev–Trinajstić information content (AvgIpc) is 2.92. The minimum Gasteiger partial charge on any atom is -0.370 e. The van der Waals surface area contributed by atoms with Crippen LogP contribution < -0.4 is 11.1 Å². The number of hydrogen-bond donors (Lipinski definition) is 2. The molecule has 1 fully saturated rings. The Balaban J connectivity index is 0.00000288. The lowest BCUT2D eigenvalue weighted by Crippen LogP contribution is -2.27. The largest absolute Gasteiger partial charge is 0.370 e. The van der Waals surface area contributed by atoms with E-state index >= 15 is 0 Å². The first-order chi connectivity index (χ1) is 10.9. The third-order valence-electron chi connectivity index (χ3n) is 4.34. The van der Waals surface area contributed by atoms with Gasteiger partial charge in [0.25, 0.3) is 0 Å². The van der Waals surface area contributed by atoms with E-state index in [0.717, 1.165) is 24.7 Å². The van der Waals surface area contributed by atoms with E-state index in [9.17, 15) is 0 Å². The molecule has 1 atom stereocenters. The maximum Gasteiger partial charge on any atom is 0.193 e. The predicted octanol–water partition coefficient (Wildman–Crippen LogP) is 4.13. The van der Waals surface area contributed by atoms with Crippen molar-refractivity contribution in [2.75, 3.05) is 31.5 Å². The molecule has 0 bridgehead atoms. The van der Waals surface area contributed by atoms with Gasteiger partial charge in [-0.25, -0.2) is 0 Å². The molecule has 1 unspecified atom stereocenters. The second-order valence-corrected chi connectivity index (χ2v) is 7.44. The van der Waals surface area contributed by atoms with E-state index in [2.05, 4.69) is 61.1 Å². The van der Waals surface area contributed by atoms with Crippen LogP contribution in [0.25, 0.3) is 0 Å². The summed E-state index contributed by atoms with van der Waals surface area (Å²) >= 11 is 0. The van der Waals surface area contributed by atoms with E-state index in [0.29, 0.717) is 17.8 Å². The molecule has 136 valence electrons. The standard InChI is InChI=1S/C19H32N4.HI/c1-14(2)12-23-9-8-16(13-23)11-21-19(20)22-18-7-5-6-17(10-18)15(3)4;/h5-7,10,14-16H,8-9,11-13H2,1-4H3,(H3,20,21,22);1H. The van der Waals surface area contributed by atoms with Gasteiger partial charge in [0, 0.05) is 25.3 Å². The van der Waals surface area contributed by atoms with Crippen LogP contribution in [-0.2, 0) is 0 Å². The monoisotopic (exact) mass is 444 g/mol. The van der Waals surface area contributed by atoms with Gasteiger partial charge in [-0.3, -0.25) is 4.99 Å². The van der Waals surface area contributed by atoms with E-state index < -0.39 is 0 Å². The molecular weight excluding hydrogens is 411 g/mol. The number of hydrogen-bond acceptors (Lipinski definition) is 2. The predicted molar refractivity (Wildman–Crippen MR) is 115 cm³/mol. The Kier molecular flexibility index (Phi) is 9.05. The maximum atomic E-state index is 6.05. The summed E-state index contributed by atoms with van der Waals surface area (Å²) in [5.41, 5.74) is 8.38. The first-order valence-electron chi connectivity index (χ1n) is 8.83. The fourth-order valence-corrected chi connectivity index (χ4v) is 3.13. The number of benzene rings is 1. The van der Waals surface area contributed by atoms with Gasteiger partial charge < -0.3 is 16.0 Å². The summed E-state index contributed by atoms with van der Waals surface area (Å²) in [6.07, 6.45) is 1.23. The highest BCUT2D eigenvalue weighted by atomic mass is 127. The van der Waals surface area contributed by atoms with Crippen LogP contribution >= 0.6 is 24.0 Å². The number of nitrogens with zero attached hydrogens (tertiary/aromatic N) is 2. The van der Waals surface area contributed by atoms with Crippen molar-refractivity contribution < 1.29 is 0 Å². The van der Waals surface area contributed by atoms with Gasteiger partial charge in [-0.1, -0.05) is 39.8 Å². The van der Waals surface area contributed by atoms with Gasteiger partial charge in [0.05, 0.1) is 0 Å². The van der Waals surface area contributed by atoms with Crippen LogP contribution in [0, 0.1) is 11.8 Å². The molecule has 3 N–H and O–H groups in total. The minimum atomic E-state index is 0. The number of nitrogens with one attached hydrogen (secondary N) is 1. The Morgan fingerprint density at radius 2 is 2.08 bits per heavy atom. The molecule has 0 aromatic heterocycles. The van der Waals surface area contributed by atoms with Crippen LogP contribution in [0.15, 0.2) is 29.3 Å². The van der Waals surface area contributed by atoms with Crippen molar-refractivity contribution in [3.63, 3.8) is 0 Å². The number of halogens is 1. The van der Waals surface area contributed by atoms with Crippen LogP contribution in [0.1, 0.15) is 45.6 Å². The van der Waals surface area contributed by atoms with Gasteiger partial charge in [0.2, 0.25) is 0 Å². The van der Waals surface area contributed by atoms with Crippen LogP contribution in [0.2, 0.25) is 0 Å². The molecule has 4 nitrogen and oxygen atoms in total. The van der Waals surface area contributed by atoms with Gasteiger partial charge in [0.1, 0.15) is 0 Å². The molecule has 0 radical (unpaired) electrons. The summed E-state index contributed by atoms with van der Waals surface area (Å²) in [5, 5.41) is 3.22. The average molecular weight is 444 g/mol. The SMILES string of the molecule is CC(C)CN1CCC(CN=C(N)Nc2cccc(C(C)C)c2)C1.I. The number of likely N-dealkylation sites (tertiary alicyclic amines) is 1. The maximum absolute atomic E-state index is 6.05. The molecule has 1 aliphatic heterocycles. The van der Waals surface area contributed by atoms with E-state index in [1.165, 1.54) is 25.1 Å². The Morgan fingerprint density at radius 3 is 2.75 bits per heavy atom. The highest BCUT2D eigenvalue weighted by molar-refractivity contribution is 14.0. The number of aliphatic imine (C=N–C) groups is 1. The quantitative estimate of drug-likeness (QED) is 0.394. The molecule has 1 heterocycles. The zero-order valence-corrected chi connectivity index (χ0v) is 17.8. The Hall–Kier alpha value is -0.820. The van der Waals surface area contributed by atoms with Crippen molar-refractivity contribution >= 4 is 35.6 Å². The van der Waals surface area contributed by atoms with E-state index in [4.69, 9.17) is 5.73 Å². The number of guanidine groups is 1. The first-order valence-corrected chi connectivity index (χ1v) is 8.83. The molecule has 0 saturated carbocycles. The summed E-state index contributed by atoms with van der Waals surface area (Å²) in [5.74, 6) is 2.40. The molecule has 1 aliphatic rings. The lowest BCUT2D eigenvalue weighted by molar-refractivity contribution is 0.288. The van der Waals surface area contributed by atoms with Crippen LogP contribution in [0.4, 0.5) is 5.69 Å². The van der Waals surface area contributed by atoms with E-state index in [1.54, 1.807) is 0 Å². The molecule has 1 aromatic carbocycles. The highest BCUT2D eigenvalue weighted by Gasteiger charge is 2.22. The highest BCUT2D eigenvalue weighted by Crippen LogP contribution is 2.19. The molecule has 1 saturated heterocycles. The fraction of sp³-hybridized carbons (Fsp3) is 0.632. The second kappa shape index (κ2) is 10.2. The first kappa shape index (κ1) is 21.2. The van der Waals surface area contributed by atoms with E-state index in [1.807, 2.05) is 6.07 Å². The summed E-state index contributed by atoms with van der Waals surface area (Å²) in [7, 11) is 0. The van der Waals surface area contributed by atoms with Crippen molar-refractivity contribution in [2.24, 2.45) is 22.6 Å². The summed E-state index contributed by atoms with van der Waals surface area (Å²) in [6.45, 7) is 13.3. The molecule has 2 rings (SSSR count). The Bertz CT molecular complexity index is 528. The summed E-state index contributed by atoms with van der Waals surface area (Å²) in [4.78, 5) is 7.09. The van der Waals surface area contributed by atoms with Crippen molar-refractivity contribution in [3.05, 3.63) is 29.8 Å². The van der Waals surface area contributed by atoms with Crippen LogP contribution in [-0.4, -0.2) is 37.0 Å². The molecule has 1 aromatic rings. The minimum absolute atomic E-state index is 0. The summed E-state index contributed by atoms with van der Waals surface area (Å²) in [6, 6.07) is 8.39. The number of anilines is 1. The molecule has 0 spiro atoms. The van der Waals surface area contributed by atoms with Crippen molar-refractivity contribution in [1.29, 1.82) is 0 Å². The van der Waals surface area contributed by atoms with Gasteiger partial charge in [-0.2, -0.15) is 0 Å². The van der Waals surface area contributed by atoms with E-state index in [-0.39, 0.29) is 24.0 Å². The Morgan fingerprint density at radius 1 is 1.33 bits per heavy atom. The fourth-order valence-electron chi connectivity index (χ4n) is 3.13. The van der Waals surface area contributed by atoms with Gasteiger partial charge >= 0.3 is 0 Å². The lowest BCUT2D eigenvalue weighted by atomic mass is 10.0. The van der Waals surface area contributed by atoms with Crippen LogP contribution in [0.5, 0.6) is 0 Å². The summed E-state index contributed by atoms with van der Waals surface area (Å²) < 4.78 is 0. The number of rotatable bonds is 6. The molecule has 5 heteroatoms. The molecule has 0 aliphatic carbocycles. The molecule has 0 amide bonds. The second-order valence-electron chi connectivity index (χ2n) is 7.44. The van der Waals surface area contributed by atoms with Crippen LogP contribution in [0.3, 0.4) is 0 Å². The van der Waals surface area contributed by atoms with Gasteiger partial charge in [0.15, 0.2) is 5.96 Å². The zero-order valence-electron chi connectivity index (χ0n) is 15.5.